The summed E-state index contributed by atoms with van der Waals surface area (Å²) in [5.41, 5.74) is 4.34. The minimum atomic E-state index is -1.02. The van der Waals surface area contributed by atoms with Crippen molar-refractivity contribution in [2.45, 2.75) is 32.7 Å². The van der Waals surface area contributed by atoms with Crippen LogP contribution in [0.5, 0.6) is 0 Å². The Labute approximate surface area is 136 Å². The Morgan fingerprint density at radius 1 is 1.17 bits per heavy atom. The van der Waals surface area contributed by atoms with Crippen LogP contribution in [0.1, 0.15) is 36.0 Å². The Morgan fingerprint density at radius 3 is 2.65 bits per heavy atom. The van der Waals surface area contributed by atoms with E-state index in [2.05, 4.69) is 35.9 Å². The van der Waals surface area contributed by atoms with Crippen molar-refractivity contribution >= 4 is 16.9 Å². The summed E-state index contributed by atoms with van der Waals surface area (Å²) in [4.78, 5) is 11.3. The highest BCUT2D eigenvalue weighted by molar-refractivity contribution is 5.85. The quantitative estimate of drug-likeness (QED) is 0.726. The van der Waals surface area contributed by atoms with Crippen molar-refractivity contribution in [2.24, 2.45) is 0 Å². The Hall–Kier alpha value is -2.55. The number of hydrogen-bond acceptors (Lipinski definition) is 2. The van der Waals surface area contributed by atoms with Crippen LogP contribution < -0.4 is 5.11 Å². The number of nitrogens with zero attached hydrogens (tertiary/aromatic N) is 1. The molecule has 2 aromatic carbocycles. The summed E-state index contributed by atoms with van der Waals surface area (Å²) in [6, 6.07) is 16.2. The van der Waals surface area contributed by atoms with Crippen LogP contribution >= 0.6 is 0 Å². The zero-order chi connectivity index (χ0) is 16.4. The molecule has 1 heterocycles. The monoisotopic (exact) mass is 306 g/mol. The number of carboxylic acid groups (broad SMARTS) is 1. The fourth-order valence-corrected chi connectivity index (χ4v) is 3.28. The lowest BCUT2D eigenvalue weighted by Gasteiger charge is -2.18. The van der Waals surface area contributed by atoms with Gasteiger partial charge in [0.15, 0.2) is 0 Å². The van der Waals surface area contributed by atoms with E-state index in [9.17, 15) is 9.90 Å². The molecule has 1 aromatic heterocycles. The number of carboxylic acids is 1. The fraction of sp³-hybridized carbons (Fsp3) is 0.250. The molecule has 1 atom stereocenters. The average Bonchev–Trinajstić information content (AvgIpc) is 2.91. The van der Waals surface area contributed by atoms with E-state index in [-0.39, 0.29) is 12.3 Å². The van der Waals surface area contributed by atoms with Crippen molar-refractivity contribution in [3.63, 3.8) is 0 Å². The molecule has 0 spiro atoms. The molecule has 0 amide bonds. The van der Waals surface area contributed by atoms with E-state index in [1.807, 2.05) is 37.3 Å². The summed E-state index contributed by atoms with van der Waals surface area (Å²) in [7, 11) is 0. The number of aliphatic carboxylic acids is 1. The van der Waals surface area contributed by atoms with Gasteiger partial charge in [-0.25, -0.2) is 0 Å². The Balaban J connectivity index is 2.19. The van der Waals surface area contributed by atoms with Crippen molar-refractivity contribution in [1.82, 2.24) is 4.57 Å². The first-order chi connectivity index (χ1) is 11.1. The second kappa shape index (κ2) is 6.29. The molecule has 0 bridgehead atoms. The molecule has 0 fully saturated rings. The third kappa shape index (κ3) is 3.00. The van der Waals surface area contributed by atoms with Gasteiger partial charge in [-0.15, -0.1) is 0 Å². The van der Waals surface area contributed by atoms with Gasteiger partial charge in [-0.3, -0.25) is 0 Å². The van der Waals surface area contributed by atoms with Gasteiger partial charge >= 0.3 is 0 Å². The lowest BCUT2D eigenvalue weighted by Crippen LogP contribution is -2.25. The maximum atomic E-state index is 11.3. The molecule has 0 saturated carbocycles. The number of para-hydroxylation sites is 1. The number of benzene rings is 2. The van der Waals surface area contributed by atoms with Gasteiger partial charge in [0.25, 0.3) is 0 Å². The molecule has 23 heavy (non-hydrogen) atoms. The normalized spacial score (nSPS) is 12.4. The molecule has 0 radical (unpaired) electrons. The lowest BCUT2D eigenvalue weighted by molar-refractivity contribution is -0.305. The fourth-order valence-electron chi connectivity index (χ4n) is 3.28. The van der Waals surface area contributed by atoms with Crippen LogP contribution in [0.3, 0.4) is 0 Å². The van der Waals surface area contributed by atoms with Crippen molar-refractivity contribution < 1.29 is 9.90 Å². The zero-order valence-electron chi connectivity index (χ0n) is 13.5. The number of aromatic nitrogens is 1. The van der Waals surface area contributed by atoms with E-state index >= 15 is 0 Å². The van der Waals surface area contributed by atoms with Crippen LogP contribution in [-0.2, 0) is 11.3 Å². The van der Waals surface area contributed by atoms with E-state index in [1.54, 1.807) is 0 Å². The molecule has 0 saturated heterocycles. The van der Waals surface area contributed by atoms with E-state index in [0.717, 1.165) is 34.1 Å². The van der Waals surface area contributed by atoms with Crippen molar-refractivity contribution in [3.05, 3.63) is 71.4 Å². The van der Waals surface area contributed by atoms with Gasteiger partial charge in [-0.2, -0.15) is 0 Å². The molecule has 0 aliphatic rings. The molecular formula is C20H20NO2-. The van der Waals surface area contributed by atoms with Crippen LogP contribution in [0.15, 0.2) is 54.7 Å². The van der Waals surface area contributed by atoms with Crippen LogP contribution in [-0.4, -0.2) is 10.5 Å². The van der Waals surface area contributed by atoms with Gasteiger partial charge in [0.1, 0.15) is 0 Å². The Bertz CT molecular complexity index is 848. The van der Waals surface area contributed by atoms with Crippen molar-refractivity contribution in [3.8, 4) is 0 Å². The van der Waals surface area contributed by atoms with Crippen LogP contribution in [0.2, 0.25) is 0 Å². The standard InChI is InChI=1S/C20H21NO2/c1-3-21-13-18(16-9-4-5-10-19(16)21)17(12-20(22)23)15-8-6-7-14(2)11-15/h4-11,13,17H,3,12H2,1-2H3,(H,22,23)/p-1/t17-/m0/s1. The first-order valence-electron chi connectivity index (χ1n) is 7.94. The van der Waals surface area contributed by atoms with Gasteiger partial charge in [0.05, 0.1) is 0 Å². The van der Waals surface area contributed by atoms with Crippen LogP contribution in [0, 0.1) is 6.92 Å². The van der Waals surface area contributed by atoms with Crippen molar-refractivity contribution in [2.75, 3.05) is 0 Å². The van der Waals surface area contributed by atoms with Gasteiger partial charge in [-0.05, 0) is 37.5 Å². The molecule has 0 N–H and O–H groups in total. The molecule has 3 aromatic rings. The smallest absolute Gasteiger partial charge is 0.0483 e. The largest absolute Gasteiger partial charge is 0.550 e. The molecule has 0 unspecified atom stereocenters. The summed E-state index contributed by atoms with van der Waals surface area (Å²) in [5.74, 6) is -1.22. The molecule has 3 nitrogen and oxygen atoms in total. The van der Waals surface area contributed by atoms with Crippen molar-refractivity contribution in [1.29, 1.82) is 0 Å². The maximum Gasteiger partial charge on any atom is 0.0483 e. The summed E-state index contributed by atoms with van der Waals surface area (Å²) < 4.78 is 2.17. The minimum absolute atomic E-state index is 0.0127. The summed E-state index contributed by atoms with van der Waals surface area (Å²) in [6.07, 6.45) is 2.07. The highest BCUT2D eigenvalue weighted by atomic mass is 16.4. The predicted molar refractivity (Wildman–Crippen MR) is 90.3 cm³/mol. The SMILES string of the molecule is CCn1cc([C@@H](CC(=O)[O-])c2cccc(C)c2)c2ccccc21. The van der Waals surface area contributed by atoms with E-state index < -0.39 is 5.97 Å². The average molecular weight is 306 g/mol. The van der Waals surface area contributed by atoms with Gasteiger partial charge < -0.3 is 14.5 Å². The minimum Gasteiger partial charge on any atom is -0.550 e. The summed E-state index contributed by atoms with van der Waals surface area (Å²) in [5, 5.41) is 12.4. The number of carbonyl (C=O) groups excluding carboxylic acids is 1. The summed E-state index contributed by atoms with van der Waals surface area (Å²) in [6.45, 7) is 4.97. The highest BCUT2D eigenvalue weighted by Gasteiger charge is 2.20. The Kier molecular flexibility index (Phi) is 4.20. The van der Waals surface area contributed by atoms with E-state index in [4.69, 9.17) is 0 Å². The van der Waals surface area contributed by atoms with E-state index in [1.165, 1.54) is 0 Å². The molecule has 118 valence electrons. The molecule has 3 heteroatoms. The number of hydrogen-bond donors (Lipinski definition) is 0. The van der Waals surface area contributed by atoms with Gasteiger partial charge in [-0.1, -0.05) is 48.0 Å². The number of aryl methyl sites for hydroxylation is 2. The molecule has 0 aliphatic carbocycles. The zero-order valence-corrected chi connectivity index (χ0v) is 13.5. The lowest BCUT2D eigenvalue weighted by atomic mass is 9.87. The predicted octanol–water partition coefficient (Wildman–Crippen LogP) is 3.24. The second-order valence-electron chi connectivity index (χ2n) is 5.93. The highest BCUT2D eigenvalue weighted by Crippen LogP contribution is 2.34. The first-order valence-corrected chi connectivity index (χ1v) is 7.94. The third-order valence-corrected chi connectivity index (χ3v) is 4.35. The molecule has 0 aliphatic heterocycles. The van der Waals surface area contributed by atoms with Gasteiger partial charge in [0, 0.05) is 35.5 Å². The van der Waals surface area contributed by atoms with Crippen LogP contribution in [0.4, 0.5) is 0 Å². The second-order valence-corrected chi connectivity index (χ2v) is 5.93. The van der Waals surface area contributed by atoms with Gasteiger partial charge in [0.2, 0.25) is 0 Å². The molecular weight excluding hydrogens is 286 g/mol. The Morgan fingerprint density at radius 2 is 1.96 bits per heavy atom. The first kappa shape index (κ1) is 15.3. The third-order valence-electron chi connectivity index (χ3n) is 4.35. The maximum absolute atomic E-state index is 11.3. The summed E-state index contributed by atoms with van der Waals surface area (Å²) >= 11 is 0. The number of carbonyl (C=O) groups is 1. The number of rotatable bonds is 5. The van der Waals surface area contributed by atoms with Crippen LogP contribution in [0.25, 0.3) is 10.9 Å². The van der Waals surface area contributed by atoms with E-state index in [0.29, 0.717) is 0 Å². The number of fused-ring (bicyclic) bond motifs is 1. The molecule has 3 rings (SSSR count). The topological polar surface area (TPSA) is 45.1 Å².